The second kappa shape index (κ2) is 7.82. The summed E-state index contributed by atoms with van der Waals surface area (Å²) in [4.78, 5) is 13.2. The molecular weight excluding hydrogens is 252 g/mol. The third-order valence-electron chi connectivity index (χ3n) is 3.10. The summed E-state index contributed by atoms with van der Waals surface area (Å²) in [5.41, 5.74) is 0.369. The predicted octanol–water partition coefficient (Wildman–Crippen LogP) is 2.81. The molecule has 1 atom stereocenters. The van der Waals surface area contributed by atoms with Gasteiger partial charge in [0.25, 0.3) is 5.91 Å². The fourth-order valence-corrected chi connectivity index (χ4v) is 1.91. The van der Waals surface area contributed by atoms with Crippen molar-refractivity contribution in [2.45, 2.75) is 46.1 Å². The van der Waals surface area contributed by atoms with Gasteiger partial charge in [-0.3, -0.25) is 4.79 Å². The van der Waals surface area contributed by atoms with Gasteiger partial charge in [0, 0.05) is 20.1 Å². The molecule has 1 aromatic rings. The smallest absolute Gasteiger partial charge is 0.273 e. The summed E-state index contributed by atoms with van der Waals surface area (Å²) < 4.78 is 0. The van der Waals surface area contributed by atoms with Crippen molar-refractivity contribution in [1.82, 2.24) is 15.1 Å². The van der Waals surface area contributed by atoms with Crippen LogP contribution in [-0.4, -0.2) is 41.1 Å². The van der Waals surface area contributed by atoms with Crippen LogP contribution in [0.4, 0.5) is 5.82 Å². The van der Waals surface area contributed by atoms with E-state index in [0.29, 0.717) is 11.7 Å². The maximum atomic E-state index is 11.7. The fraction of sp³-hybridized carbons (Fsp3) is 0.667. The third-order valence-corrected chi connectivity index (χ3v) is 3.10. The van der Waals surface area contributed by atoms with Crippen LogP contribution in [-0.2, 0) is 0 Å². The molecule has 0 aromatic carbocycles. The van der Waals surface area contributed by atoms with Gasteiger partial charge in [-0.25, -0.2) is 0 Å². The van der Waals surface area contributed by atoms with Crippen LogP contribution in [0.3, 0.4) is 0 Å². The van der Waals surface area contributed by atoms with Crippen molar-refractivity contribution in [2.24, 2.45) is 5.92 Å². The number of nitrogens with one attached hydrogen (secondary N) is 1. The van der Waals surface area contributed by atoms with Crippen LogP contribution in [0.15, 0.2) is 12.1 Å². The molecule has 112 valence electrons. The highest BCUT2D eigenvalue weighted by molar-refractivity contribution is 5.91. The highest BCUT2D eigenvalue weighted by atomic mass is 16.2. The lowest BCUT2D eigenvalue weighted by molar-refractivity contribution is 0.0821. The number of anilines is 1. The third kappa shape index (κ3) is 5.55. The molecule has 1 aromatic heterocycles. The fourth-order valence-electron chi connectivity index (χ4n) is 1.91. The van der Waals surface area contributed by atoms with Gasteiger partial charge in [-0.1, -0.05) is 26.7 Å². The molecule has 0 saturated heterocycles. The van der Waals surface area contributed by atoms with Crippen LogP contribution < -0.4 is 5.32 Å². The van der Waals surface area contributed by atoms with Crippen molar-refractivity contribution in [3.05, 3.63) is 17.8 Å². The lowest BCUT2D eigenvalue weighted by Gasteiger charge is -2.15. The van der Waals surface area contributed by atoms with Gasteiger partial charge in [0.15, 0.2) is 5.69 Å². The molecule has 0 aliphatic carbocycles. The Kier molecular flexibility index (Phi) is 6.42. The first kappa shape index (κ1) is 16.4. The highest BCUT2D eigenvalue weighted by Gasteiger charge is 2.10. The lowest BCUT2D eigenvalue weighted by atomic mass is 10.0. The number of nitrogens with zero attached hydrogens (tertiary/aromatic N) is 3. The van der Waals surface area contributed by atoms with Crippen LogP contribution in [0.2, 0.25) is 0 Å². The molecule has 0 spiro atoms. The predicted molar refractivity (Wildman–Crippen MR) is 81.8 cm³/mol. The van der Waals surface area contributed by atoms with Gasteiger partial charge in [-0.05, 0) is 31.4 Å². The minimum atomic E-state index is -0.131. The molecule has 20 heavy (non-hydrogen) atoms. The maximum absolute atomic E-state index is 11.7. The molecule has 1 N–H and O–H groups in total. The molecule has 0 aliphatic rings. The number of aromatic nitrogens is 2. The number of carbonyl (C=O) groups excluding carboxylic acids is 1. The minimum absolute atomic E-state index is 0.131. The zero-order valence-electron chi connectivity index (χ0n) is 13.2. The summed E-state index contributed by atoms with van der Waals surface area (Å²) in [5.74, 6) is 1.34. The summed E-state index contributed by atoms with van der Waals surface area (Å²) in [6.45, 7) is 6.62. The van der Waals surface area contributed by atoms with E-state index in [4.69, 9.17) is 0 Å². The molecule has 1 unspecified atom stereocenters. The van der Waals surface area contributed by atoms with E-state index in [1.54, 1.807) is 20.2 Å². The first-order valence-corrected chi connectivity index (χ1v) is 7.22. The lowest BCUT2D eigenvalue weighted by Crippen LogP contribution is -2.23. The van der Waals surface area contributed by atoms with Gasteiger partial charge >= 0.3 is 0 Å². The number of hydrogen-bond donors (Lipinski definition) is 1. The van der Waals surface area contributed by atoms with E-state index in [1.807, 2.05) is 6.07 Å². The Morgan fingerprint density at radius 3 is 2.40 bits per heavy atom. The van der Waals surface area contributed by atoms with Crippen LogP contribution in [0.5, 0.6) is 0 Å². The van der Waals surface area contributed by atoms with Crippen molar-refractivity contribution < 1.29 is 4.79 Å². The van der Waals surface area contributed by atoms with Gasteiger partial charge in [-0.15, -0.1) is 10.2 Å². The largest absolute Gasteiger partial charge is 0.366 e. The number of carbonyl (C=O) groups is 1. The molecule has 1 rings (SSSR count). The standard InChI is InChI=1S/C15H26N4O/c1-11(2)7-6-8-12(3)16-14-10-9-13(17-18-14)15(20)19(4)5/h9-12H,6-8H2,1-5H3,(H,16,18). The quantitative estimate of drug-likeness (QED) is 0.833. The van der Waals surface area contributed by atoms with Gasteiger partial charge in [-0.2, -0.15) is 0 Å². The molecule has 1 heterocycles. The van der Waals surface area contributed by atoms with Gasteiger partial charge in [0.2, 0.25) is 0 Å². The van der Waals surface area contributed by atoms with Crippen LogP contribution in [0.25, 0.3) is 0 Å². The maximum Gasteiger partial charge on any atom is 0.273 e. The molecule has 0 bridgehead atoms. The molecule has 0 saturated carbocycles. The Morgan fingerprint density at radius 2 is 1.90 bits per heavy atom. The van der Waals surface area contributed by atoms with Crippen molar-refractivity contribution in [2.75, 3.05) is 19.4 Å². The molecular formula is C15H26N4O. The minimum Gasteiger partial charge on any atom is -0.366 e. The van der Waals surface area contributed by atoms with E-state index >= 15 is 0 Å². The van der Waals surface area contributed by atoms with Gasteiger partial charge in [0.05, 0.1) is 0 Å². The summed E-state index contributed by atoms with van der Waals surface area (Å²) in [5, 5.41) is 11.3. The number of rotatable bonds is 7. The highest BCUT2D eigenvalue weighted by Crippen LogP contribution is 2.12. The molecule has 1 amide bonds. The molecule has 0 radical (unpaired) electrons. The summed E-state index contributed by atoms with van der Waals surface area (Å²) in [7, 11) is 3.40. The molecule has 0 aliphatic heterocycles. The summed E-state index contributed by atoms with van der Waals surface area (Å²) in [6.07, 6.45) is 3.56. The second-order valence-corrected chi connectivity index (χ2v) is 5.87. The van der Waals surface area contributed by atoms with E-state index in [0.717, 1.165) is 18.2 Å². The average molecular weight is 278 g/mol. The molecule has 0 fully saturated rings. The van der Waals surface area contributed by atoms with E-state index in [2.05, 4.69) is 36.3 Å². The van der Waals surface area contributed by atoms with E-state index in [-0.39, 0.29) is 5.91 Å². The topological polar surface area (TPSA) is 58.1 Å². The molecule has 5 nitrogen and oxygen atoms in total. The Hall–Kier alpha value is -1.65. The zero-order chi connectivity index (χ0) is 15.1. The van der Waals surface area contributed by atoms with Crippen LogP contribution in [0.1, 0.15) is 50.5 Å². The Balaban J connectivity index is 2.47. The SMILES string of the molecule is CC(C)CCCC(C)Nc1ccc(C(=O)N(C)C)nn1. The number of amides is 1. The second-order valence-electron chi connectivity index (χ2n) is 5.87. The normalized spacial score (nSPS) is 12.3. The van der Waals surface area contributed by atoms with E-state index < -0.39 is 0 Å². The average Bonchev–Trinajstić information content (AvgIpc) is 2.38. The Bertz CT molecular complexity index is 414. The van der Waals surface area contributed by atoms with Gasteiger partial charge < -0.3 is 10.2 Å². The van der Waals surface area contributed by atoms with E-state index in [9.17, 15) is 4.79 Å². The Morgan fingerprint density at radius 1 is 1.20 bits per heavy atom. The zero-order valence-corrected chi connectivity index (χ0v) is 13.2. The van der Waals surface area contributed by atoms with Crippen molar-refractivity contribution in [1.29, 1.82) is 0 Å². The van der Waals surface area contributed by atoms with Crippen molar-refractivity contribution >= 4 is 11.7 Å². The first-order valence-electron chi connectivity index (χ1n) is 7.22. The van der Waals surface area contributed by atoms with E-state index in [1.165, 1.54) is 17.7 Å². The van der Waals surface area contributed by atoms with Crippen molar-refractivity contribution in [3.63, 3.8) is 0 Å². The summed E-state index contributed by atoms with van der Waals surface area (Å²) in [6, 6.07) is 3.87. The monoisotopic (exact) mass is 278 g/mol. The van der Waals surface area contributed by atoms with Crippen molar-refractivity contribution in [3.8, 4) is 0 Å². The van der Waals surface area contributed by atoms with Crippen LogP contribution in [0, 0.1) is 5.92 Å². The first-order chi connectivity index (χ1) is 9.40. The Labute approximate surface area is 121 Å². The molecule has 5 heteroatoms. The summed E-state index contributed by atoms with van der Waals surface area (Å²) >= 11 is 0. The number of hydrogen-bond acceptors (Lipinski definition) is 4. The van der Waals surface area contributed by atoms with Crippen LogP contribution >= 0.6 is 0 Å². The van der Waals surface area contributed by atoms with Gasteiger partial charge in [0.1, 0.15) is 5.82 Å².